The molecule has 0 amide bonds. The minimum Gasteiger partial charge on any atom is -0.456 e. The molecule has 0 atom stereocenters. The Kier molecular flexibility index (Phi) is 4.04. The molecule has 2 nitrogen and oxygen atoms in total. The first-order valence-corrected chi connectivity index (χ1v) is 5.79. The maximum Gasteiger partial charge on any atom is 0.416 e. The first kappa shape index (κ1) is 14.5. The first-order chi connectivity index (χ1) is 9.40. The number of halogens is 5. The summed E-state index contributed by atoms with van der Waals surface area (Å²) in [7, 11) is 0. The van der Waals surface area contributed by atoms with Gasteiger partial charge in [0.05, 0.1) is 16.3 Å². The second-order valence-electron chi connectivity index (χ2n) is 3.86. The van der Waals surface area contributed by atoms with E-state index in [1.54, 1.807) is 0 Å². The second-order valence-corrected chi connectivity index (χ2v) is 4.27. The Morgan fingerprint density at radius 3 is 2.15 bits per heavy atom. The van der Waals surface area contributed by atoms with E-state index in [1.807, 2.05) is 0 Å². The summed E-state index contributed by atoms with van der Waals surface area (Å²) in [6.45, 7) is 0. The van der Waals surface area contributed by atoms with E-state index in [0.717, 1.165) is 18.2 Å². The Morgan fingerprint density at radius 1 is 1.00 bits per heavy atom. The van der Waals surface area contributed by atoms with Crippen LogP contribution in [0, 0.1) is 0 Å². The van der Waals surface area contributed by atoms with Gasteiger partial charge < -0.3 is 4.74 Å². The van der Waals surface area contributed by atoms with Crippen LogP contribution >= 0.6 is 11.6 Å². The van der Waals surface area contributed by atoms with Crippen molar-refractivity contribution < 1.29 is 22.4 Å². The molecule has 0 aliphatic rings. The van der Waals surface area contributed by atoms with Crippen molar-refractivity contribution in [2.45, 2.75) is 6.18 Å². The van der Waals surface area contributed by atoms with Crippen LogP contribution in [-0.4, -0.2) is 0 Å². The smallest absolute Gasteiger partial charge is 0.416 e. The van der Waals surface area contributed by atoms with Gasteiger partial charge in [0.15, 0.2) is 0 Å². The number of hydrogen-bond acceptors (Lipinski definition) is 2. The molecule has 2 aromatic rings. The third-order valence-corrected chi connectivity index (χ3v) is 2.75. The van der Waals surface area contributed by atoms with E-state index < -0.39 is 11.7 Å². The van der Waals surface area contributed by atoms with Gasteiger partial charge >= 0.3 is 6.18 Å². The number of nitrogens with one attached hydrogen (secondary N) is 1. The molecule has 20 heavy (non-hydrogen) atoms. The Hall–Kier alpha value is -1.95. The molecule has 0 bridgehead atoms. The van der Waals surface area contributed by atoms with Gasteiger partial charge in [0.2, 0.25) is 0 Å². The summed E-state index contributed by atoms with van der Waals surface area (Å²) < 4.78 is 54.8. The molecule has 0 unspecified atom stereocenters. The molecule has 2 rings (SSSR count). The molecule has 0 aromatic heterocycles. The molecule has 0 saturated carbocycles. The monoisotopic (exact) mass is 305 g/mol. The van der Waals surface area contributed by atoms with Crippen molar-refractivity contribution in [1.29, 1.82) is 0 Å². The van der Waals surface area contributed by atoms with Crippen LogP contribution in [-0.2, 0) is 6.18 Å². The molecule has 0 fully saturated rings. The Morgan fingerprint density at radius 2 is 1.65 bits per heavy atom. The van der Waals surface area contributed by atoms with Gasteiger partial charge in [-0.3, -0.25) is 0 Å². The largest absolute Gasteiger partial charge is 0.456 e. The van der Waals surface area contributed by atoms with Gasteiger partial charge in [-0.05, 0) is 42.5 Å². The fourth-order valence-corrected chi connectivity index (χ4v) is 1.69. The highest BCUT2D eigenvalue weighted by Crippen LogP contribution is 2.36. The molecule has 0 radical (unpaired) electrons. The van der Waals surface area contributed by atoms with Crippen molar-refractivity contribution in [3.63, 3.8) is 0 Å². The molecule has 106 valence electrons. The average Bonchev–Trinajstić information content (AvgIpc) is 2.41. The standard InChI is InChI=1S/C13H8ClF4NO/c14-11-7-8(13(15,16)17)1-6-12(11)20-10-4-2-9(19-18)3-5-10/h1-7,19H. The van der Waals surface area contributed by atoms with E-state index >= 15 is 0 Å². The molecule has 0 spiro atoms. The molecule has 2 aromatic carbocycles. The zero-order valence-electron chi connectivity index (χ0n) is 9.84. The van der Waals surface area contributed by atoms with Crippen molar-refractivity contribution in [3.05, 3.63) is 53.1 Å². The molecule has 0 saturated heterocycles. The maximum absolute atomic E-state index is 12.5. The minimum absolute atomic E-state index is 0.0839. The molecule has 0 aliphatic heterocycles. The van der Waals surface area contributed by atoms with E-state index in [9.17, 15) is 17.7 Å². The fourth-order valence-electron chi connectivity index (χ4n) is 1.47. The summed E-state index contributed by atoms with van der Waals surface area (Å²) >= 11 is 5.75. The third kappa shape index (κ3) is 3.33. The van der Waals surface area contributed by atoms with E-state index in [2.05, 4.69) is 0 Å². The first-order valence-electron chi connectivity index (χ1n) is 5.41. The number of anilines is 1. The van der Waals surface area contributed by atoms with E-state index in [0.29, 0.717) is 5.75 Å². The van der Waals surface area contributed by atoms with Crippen LogP contribution in [0.4, 0.5) is 23.3 Å². The molecular formula is C13H8ClF4NO. The summed E-state index contributed by atoms with van der Waals surface area (Å²) in [5.74, 6) is 0.409. The van der Waals surface area contributed by atoms with Crippen LogP contribution < -0.4 is 10.3 Å². The Bertz CT molecular complexity index is 598. The Balaban J connectivity index is 2.21. The lowest BCUT2D eigenvalue weighted by Crippen LogP contribution is -2.04. The van der Waals surface area contributed by atoms with Gasteiger partial charge in [0.1, 0.15) is 11.5 Å². The van der Waals surface area contributed by atoms with Crippen molar-refractivity contribution in [3.8, 4) is 11.5 Å². The Labute approximate surface area is 116 Å². The summed E-state index contributed by atoms with van der Waals surface area (Å²) in [5, 5.41) is -0.160. The molecular weight excluding hydrogens is 298 g/mol. The highest BCUT2D eigenvalue weighted by atomic mass is 35.5. The van der Waals surface area contributed by atoms with Crippen LogP contribution in [0.1, 0.15) is 5.56 Å². The normalized spacial score (nSPS) is 11.2. The van der Waals surface area contributed by atoms with Crippen molar-refractivity contribution in [2.24, 2.45) is 0 Å². The number of hydrogen-bond donors (Lipinski definition) is 1. The van der Waals surface area contributed by atoms with E-state index in [-0.39, 0.29) is 16.5 Å². The van der Waals surface area contributed by atoms with Crippen LogP contribution in [0.5, 0.6) is 11.5 Å². The lowest BCUT2D eigenvalue weighted by Gasteiger charge is -2.11. The zero-order valence-corrected chi connectivity index (χ0v) is 10.6. The zero-order chi connectivity index (χ0) is 14.8. The molecule has 1 N–H and O–H groups in total. The topological polar surface area (TPSA) is 21.3 Å². The van der Waals surface area contributed by atoms with E-state index in [4.69, 9.17) is 16.3 Å². The summed E-state index contributed by atoms with van der Waals surface area (Å²) in [6.07, 6.45) is -4.46. The minimum atomic E-state index is -4.46. The van der Waals surface area contributed by atoms with Gasteiger partial charge in [-0.1, -0.05) is 11.6 Å². The SMILES string of the molecule is FNc1ccc(Oc2ccc(C(F)(F)F)cc2Cl)cc1. The molecule has 0 heterocycles. The highest BCUT2D eigenvalue weighted by molar-refractivity contribution is 6.32. The van der Waals surface area contributed by atoms with Crippen LogP contribution in [0.2, 0.25) is 5.02 Å². The quantitative estimate of drug-likeness (QED) is 0.601. The average molecular weight is 306 g/mol. The predicted octanol–water partition coefficient (Wildman–Crippen LogP) is 5.45. The van der Waals surface area contributed by atoms with E-state index in [1.165, 1.54) is 29.8 Å². The lowest BCUT2D eigenvalue weighted by atomic mass is 10.2. The number of benzene rings is 2. The van der Waals surface area contributed by atoms with Crippen LogP contribution in [0.15, 0.2) is 42.5 Å². The van der Waals surface area contributed by atoms with Gasteiger partial charge in [0.25, 0.3) is 0 Å². The number of alkyl halides is 3. The lowest BCUT2D eigenvalue weighted by molar-refractivity contribution is -0.137. The number of rotatable bonds is 3. The molecule has 0 aliphatic carbocycles. The summed E-state index contributed by atoms with van der Waals surface area (Å²) in [5.41, 5.74) is 0.824. The van der Waals surface area contributed by atoms with Gasteiger partial charge in [-0.15, -0.1) is 4.48 Å². The van der Waals surface area contributed by atoms with Crippen LogP contribution in [0.3, 0.4) is 0 Å². The third-order valence-electron chi connectivity index (χ3n) is 2.45. The predicted molar refractivity (Wildman–Crippen MR) is 67.7 cm³/mol. The van der Waals surface area contributed by atoms with Crippen LogP contribution in [0.25, 0.3) is 0 Å². The molecule has 7 heteroatoms. The van der Waals surface area contributed by atoms with Gasteiger partial charge in [-0.2, -0.15) is 13.2 Å². The second kappa shape index (κ2) is 5.58. The fraction of sp³-hybridized carbons (Fsp3) is 0.0769. The highest BCUT2D eigenvalue weighted by Gasteiger charge is 2.31. The maximum atomic E-state index is 12.5. The summed E-state index contributed by atoms with van der Waals surface area (Å²) in [6, 6.07) is 8.52. The van der Waals surface area contributed by atoms with Gasteiger partial charge in [-0.25, -0.2) is 5.54 Å². The van der Waals surface area contributed by atoms with Crippen molar-refractivity contribution >= 4 is 17.3 Å². The summed E-state index contributed by atoms with van der Waals surface area (Å²) in [4.78, 5) is 0. The van der Waals surface area contributed by atoms with Crippen molar-refractivity contribution in [1.82, 2.24) is 0 Å². The van der Waals surface area contributed by atoms with Crippen molar-refractivity contribution in [2.75, 3.05) is 5.54 Å². The number of ether oxygens (including phenoxy) is 1. The van der Waals surface area contributed by atoms with Gasteiger partial charge in [0, 0.05) is 0 Å².